The van der Waals surface area contributed by atoms with E-state index in [1.54, 1.807) is 25.2 Å². The van der Waals surface area contributed by atoms with Crippen molar-refractivity contribution in [1.29, 1.82) is 0 Å². The van der Waals surface area contributed by atoms with Crippen LogP contribution >= 0.6 is 35.1 Å². The second kappa shape index (κ2) is 20.2. The van der Waals surface area contributed by atoms with Crippen LogP contribution in [0.4, 0.5) is 8.78 Å². The number of imide groups is 2. The van der Waals surface area contributed by atoms with E-state index in [9.17, 15) is 61.5 Å². The number of aromatic nitrogens is 1. The lowest BCUT2D eigenvalue weighted by molar-refractivity contribution is -0.143. The Morgan fingerprint density at radius 1 is 1.00 bits per heavy atom. The van der Waals surface area contributed by atoms with E-state index in [0.717, 1.165) is 23.1 Å². The van der Waals surface area contributed by atoms with Crippen LogP contribution in [0.3, 0.4) is 0 Å². The lowest BCUT2D eigenvalue weighted by atomic mass is 10.00. The zero-order valence-electron chi connectivity index (χ0n) is 37.7. The number of alkyl halides is 2. The van der Waals surface area contributed by atoms with Gasteiger partial charge in [0.15, 0.2) is 0 Å². The number of nitrogens with two attached hydrogens (primary N) is 1. The van der Waals surface area contributed by atoms with E-state index in [0.29, 0.717) is 35.0 Å². The number of ether oxygens (including phenoxy) is 1. The fraction of sp³-hybridized carbons (Fsp3) is 0.391. The van der Waals surface area contributed by atoms with Crippen molar-refractivity contribution in [1.82, 2.24) is 35.6 Å². The molecule has 0 radical (unpaired) electrons. The molecular weight excluding hydrogens is 1040 g/mol. The zero-order valence-corrected chi connectivity index (χ0v) is 41.0. The number of hydrogen-bond acceptors (Lipinski definition) is 11. The average molecular weight is 1090 g/mol. The minimum absolute atomic E-state index is 0.00352. The molecule has 5 atom stereocenters. The molecule has 1 unspecified atom stereocenters. The van der Waals surface area contributed by atoms with Crippen LogP contribution in [0.25, 0.3) is 10.9 Å². The maximum atomic E-state index is 14.5. The fourth-order valence-corrected chi connectivity index (χ4v) is 10.6. The normalized spacial score (nSPS) is 21.4. The Morgan fingerprint density at radius 3 is 2.44 bits per heavy atom. The Kier molecular flexibility index (Phi) is 14.6. The van der Waals surface area contributed by atoms with Crippen molar-refractivity contribution in [3.05, 3.63) is 97.6 Å². The lowest BCUT2D eigenvalue weighted by Gasteiger charge is -2.38. The van der Waals surface area contributed by atoms with Gasteiger partial charge in [-0.15, -0.1) is 0 Å². The van der Waals surface area contributed by atoms with Crippen LogP contribution in [-0.4, -0.2) is 134 Å². The summed E-state index contributed by atoms with van der Waals surface area (Å²) in [5.41, 5.74) is 1.48. The highest BCUT2D eigenvalue weighted by Gasteiger charge is 2.51. The monoisotopic (exact) mass is 1090 g/mol. The number of carbonyl (C=O) groups excluding carboxylic acids is 8. The number of nitrogens with one attached hydrogen (secondary N) is 4. The summed E-state index contributed by atoms with van der Waals surface area (Å²) in [6, 6.07) is 7.63. The molecule has 25 heteroatoms. The molecule has 0 bridgehead atoms. The number of H-pyrrole nitrogens is 1. The summed E-state index contributed by atoms with van der Waals surface area (Å²) >= 11 is 10.4. The third-order valence-corrected chi connectivity index (χ3v) is 15.3. The summed E-state index contributed by atoms with van der Waals surface area (Å²) < 4.78 is 47.1. The first-order chi connectivity index (χ1) is 33.5. The van der Waals surface area contributed by atoms with E-state index in [1.807, 2.05) is 4.90 Å². The molecule has 8 amide bonds. The number of primary amides is 1. The molecular formula is C46H47BrClF2N8O12P. The van der Waals surface area contributed by atoms with Gasteiger partial charge in [0.05, 0.1) is 22.2 Å². The van der Waals surface area contributed by atoms with Crippen LogP contribution in [0.5, 0.6) is 5.75 Å². The Bertz CT molecular complexity index is 2950. The third-order valence-electron chi connectivity index (χ3n) is 13.1. The summed E-state index contributed by atoms with van der Waals surface area (Å²) in [7, 11) is -4.09. The Hall–Kier alpha value is -6.10. The molecule has 0 aliphatic carbocycles. The van der Waals surface area contributed by atoms with Crippen molar-refractivity contribution in [2.24, 2.45) is 5.73 Å². The largest absolute Gasteiger partial charge is 0.490 e. The first kappa shape index (κ1) is 51.3. The number of hydrogen-bond donors (Lipinski definition) is 7. The SMILES string of the molecule is CN1CC[C@H]2CC[C@@H](C(=O)N[C@@H](CCC(N)=O)COc3cccc(Cc4cc5c(cc4Br)C(=O)N(C4CCC(=O)NC4=O)C5=O)c3Cl)N2C(=O)[C@@H](NC(=O)c2cc3cc(C(F)(F)P(=O)(O)O)ccc3[nH]2)C1. The number of piperidine rings is 1. The second-order valence-corrected chi connectivity index (χ2v) is 20.9. The van der Waals surface area contributed by atoms with Crippen molar-refractivity contribution < 1.29 is 66.2 Å². The molecule has 0 saturated carbocycles. The van der Waals surface area contributed by atoms with Gasteiger partial charge in [0.1, 0.15) is 36.2 Å². The zero-order chi connectivity index (χ0) is 51.3. The minimum Gasteiger partial charge on any atom is -0.490 e. The van der Waals surface area contributed by atoms with Gasteiger partial charge in [0.2, 0.25) is 29.5 Å². The van der Waals surface area contributed by atoms with E-state index in [2.05, 4.69) is 36.9 Å². The number of benzene rings is 3. The highest BCUT2D eigenvalue weighted by Crippen LogP contribution is 2.59. The highest BCUT2D eigenvalue weighted by atomic mass is 79.9. The van der Waals surface area contributed by atoms with Crippen molar-refractivity contribution in [3.8, 4) is 5.75 Å². The Labute approximate surface area is 416 Å². The molecule has 20 nitrogen and oxygen atoms in total. The molecule has 1 aromatic heterocycles. The van der Waals surface area contributed by atoms with Crippen molar-refractivity contribution in [2.45, 2.75) is 87.2 Å². The molecule has 3 aromatic carbocycles. The highest BCUT2D eigenvalue weighted by molar-refractivity contribution is 9.10. The van der Waals surface area contributed by atoms with Gasteiger partial charge in [-0.1, -0.05) is 45.7 Å². The van der Waals surface area contributed by atoms with Gasteiger partial charge in [-0.25, -0.2) is 0 Å². The molecule has 3 fully saturated rings. The smallest absolute Gasteiger partial charge is 0.399 e. The van der Waals surface area contributed by atoms with Crippen LogP contribution in [0.2, 0.25) is 5.02 Å². The first-order valence-corrected chi connectivity index (χ1v) is 25.2. The van der Waals surface area contributed by atoms with Crippen LogP contribution < -0.4 is 26.4 Å². The summed E-state index contributed by atoms with van der Waals surface area (Å²) in [6.45, 7) is 0.381. The van der Waals surface area contributed by atoms with Gasteiger partial charge < -0.3 is 45.7 Å². The van der Waals surface area contributed by atoms with Gasteiger partial charge >= 0.3 is 13.3 Å². The molecule has 4 aromatic rings. The van der Waals surface area contributed by atoms with Gasteiger partial charge in [0.25, 0.3) is 17.7 Å². The Morgan fingerprint density at radius 2 is 1.73 bits per heavy atom. The quantitative estimate of drug-likeness (QED) is 0.0665. The second-order valence-electron chi connectivity index (χ2n) is 18.0. The predicted octanol–water partition coefficient (Wildman–Crippen LogP) is 3.43. The van der Waals surface area contributed by atoms with Crippen LogP contribution in [0, 0.1) is 0 Å². The molecule has 8 N–H and O–H groups in total. The topological polar surface area (TPSA) is 291 Å². The average Bonchev–Trinajstić information content (AvgIpc) is 4.00. The van der Waals surface area contributed by atoms with E-state index in [-0.39, 0.29) is 96.2 Å². The lowest BCUT2D eigenvalue weighted by Crippen LogP contribution is -2.60. The summed E-state index contributed by atoms with van der Waals surface area (Å²) in [6.07, 6.45) is 1.33. The number of likely N-dealkylation sites (N-methyl/N-ethyl adjacent to an activating group) is 1. The Balaban J connectivity index is 0.947. The van der Waals surface area contributed by atoms with Gasteiger partial charge in [-0.3, -0.25) is 53.1 Å². The standard InChI is InChI=1S/C46H47BrClF2N8O12P/c1-56-14-13-27-7-9-34(57(27)45(66)33(20-56)54-40(61)32-18-24-16-25(5-8-31(24)53-32)46(49,50)71(67,68)69)41(62)52-26(6-11-37(51)59)21-70-36-4-2-3-22(39(36)48)15-23-17-28-29(19-30(23)47)44(65)58(43(28)64)35-10-12-38(60)55-42(35)63/h2-5,8,16-19,26-27,33-35,53H,6-7,9-15,20-21H2,1H3,(H2,51,59)(H,52,62)(H,54,61)(H,55,60,63)(H2,67,68,69)/t26-,27+,33-,34-,35?/m0/s1. The van der Waals surface area contributed by atoms with Crippen LogP contribution in [0.15, 0.2) is 59.1 Å². The van der Waals surface area contributed by atoms with E-state index in [4.69, 9.17) is 22.1 Å². The maximum absolute atomic E-state index is 14.5. The number of fused-ring (bicyclic) bond motifs is 3. The van der Waals surface area contributed by atoms with Gasteiger partial charge in [-0.05, 0) is 93.2 Å². The number of aromatic amines is 1. The number of rotatable bonds is 15. The molecule has 0 spiro atoms. The molecule has 5 heterocycles. The van der Waals surface area contributed by atoms with Gasteiger partial charge in [-0.2, -0.15) is 8.78 Å². The van der Waals surface area contributed by atoms with Crippen LogP contribution in [0.1, 0.15) is 92.8 Å². The number of carbonyl (C=O) groups is 8. The number of nitrogens with zero attached hydrogens (tertiary/aromatic N) is 3. The molecule has 8 rings (SSSR count). The van der Waals surface area contributed by atoms with E-state index in [1.165, 1.54) is 23.1 Å². The van der Waals surface area contributed by atoms with Gasteiger partial charge in [0, 0.05) is 52.8 Å². The third kappa shape index (κ3) is 10.5. The van der Waals surface area contributed by atoms with Crippen molar-refractivity contribution in [3.63, 3.8) is 0 Å². The first-order valence-electron chi connectivity index (χ1n) is 22.4. The minimum atomic E-state index is -5.86. The molecule has 3 saturated heterocycles. The molecule has 4 aliphatic heterocycles. The summed E-state index contributed by atoms with van der Waals surface area (Å²) in [4.78, 5) is 131. The van der Waals surface area contributed by atoms with Crippen molar-refractivity contribution >= 4 is 93.3 Å². The molecule has 376 valence electrons. The fourth-order valence-electron chi connectivity index (χ4n) is 9.42. The maximum Gasteiger partial charge on any atom is 0.399 e. The summed E-state index contributed by atoms with van der Waals surface area (Å²) in [5, 5.41) is 8.06. The predicted molar refractivity (Wildman–Crippen MR) is 252 cm³/mol. The van der Waals surface area contributed by atoms with E-state index >= 15 is 0 Å². The van der Waals surface area contributed by atoms with Crippen molar-refractivity contribution in [2.75, 3.05) is 26.7 Å². The number of amides is 8. The molecule has 4 aliphatic rings. The number of halogens is 4. The van der Waals surface area contributed by atoms with E-state index < -0.39 is 90.2 Å². The van der Waals surface area contributed by atoms with Crippen LogP contribution in [-0.2, 0) is 40.6 Å². The molecule has 71 heavy (non-hydrogen) atoms. The summed E-state index contributed by atoms with van der Waals surface area (Å²) in [5.74, 6) is -4.83.